The van der Waals surface area contributed by atoms with Crippen molar-refractivity contribution in [1.29, 1.82) is 0 Å². The van der Waals surface area contributed by atoms with Gasteiger partial charge in [0.25, 0.3) is 5.91 Å². The first kappa shape index (κ1) is 23.1. The van der Waals surface area contributed by atoms with E-state index in [4.69, 9.17) is 4.98 Å². The molecular weight excluding hydrogens is 439 g/mol. The van der Waals surface area contributed by atoms with Crippen molar-refractivity contribution in [3.8, 4) is 11.3 Å². The van der Waals surface area contributed by atoms with Crippen LogP contribution in [0.1, 0.15) is 34.3 Å². The fraction of sp³-hybridized carbons (Fsp3) is 0.276. The maximum atomic E-state index is 14.0. The van der Waals surface area contributed by atoms with E-state index < -0.39 is 0 Å². The van der Waals surface area contributed by atoms with Gasteiger partial charge in [-0.2, -0.15) is 0 Å². The molecule has 1 amide bonds. The fourth-order valence-electron chi connectivity index (χ4n) is 4.74. The van der Waals surface area contributed by atoms with Gasteiger partial charge in [0.15, 0.2) is 0 Å². The monoisotopic (exact) mass is 468 g/mol. The minimum Gasteiger partial charge on any atom is -0.352 e. The first-order chi connectivity index (χ1) is 17.1. The minimum atomic E-state index is -0.146. The number of aromatic nitrogens is 2. The number of hydrogen-bond donors (Lipinski definition) is 1. The summed E-state index contributed by atoms with van der Waals surface area (Å²) in [5.41, 5.74) is 4.87. The molecule has 0 unspecified atom stereocenters. The van der Waals surface area contributed by atoms with E-state index in [2.05, 4.69) is 15.2 Å². The molecule has 2 aromatic heterocycles. The number of likely N-dealkylation sites (tertiary alicyclic amines) is 1. The molecule has 5 rings (SSSR count). The highest BCUT2D eigenvalue weighted by atomic mass is 19.1. The number of piperidine rings is 1. The van der Waals surface area contributed by atoms with Crippen LogP contribution in [0.5, 0.6) is 0 Å². The third kappa shape index (κ3) is 5.38. The number of rotatable bonds is 6. The first-order valence-corrected chi connectivity index (χ1v) is 12.1. The van der Waals surface area contributed by atoms with E-state index in [0.29, 0.717) is 24.6 Å². The fourth-order valence-corrected chi connectivity index (χ4v) is 4.74. The number of carbonyl (C=O) groups is 1. The quantitative estimate of drug-likeness (QED) is 0.412. The molecule has 0 bridgehead atoms. The van der Waals surface area contributed by atoms with E-state index in [1.54, 1.807) is 18.5 Å². The van der Waals surface area contributed by atoms with Gasteiger partial charge < -0.3 is 5.32 Å². The summed E-state index contributed by atoms with van der Waals surface area (Å²) in [6.07, 6.45) is 5.44. The second kappa shape index (κ2) is 10.3. The Labute approximate surface area is 205 Å². The summed E-state index contributed by atoms with van der Waals surface area (Å²) >= 11 is 0. The lowest BCUT2D eigenvalue weighted by atomic mass is 9.96. The number of amides is 1. The molecule has 4 aromatic rings. The van der Waals surface area contributed by atoms with Gasteiger partial charge in [0.2, 0.25) is 0 Å². The lowest BCUT2D eigenvalue weighted by molar-refractivity contribution is 0.0936. The number of benzene rings is 2. The van der Waals surface area contributed by atoms with Crippen LogP contribution in [0.2, 0.25) is 0 Å². The van der Waals surface area contributed by atoms with Crippen molar-refractivity contribution in [3.63, 3.8) is 0 Å². The number of pyridine rings is 2. The summed E-state index contributed by atoms with van der Waals surface area (Å²) in [6.45, 7) is 5.08. The number of nitrogens with zero attached hydrogens (tertiary/aromatic N) is 3. The Morgan fingerprint density at radius 2 is 1.91 bits per heavy atom. The number of fused-ring (bicyclic) bond motifs is 1. The molecule has 5 nitrogen and oxygen atoms in total. The lowest BCUT2D eigenvalue weighted by Gasteiger charge is -2.32. The molecule has 0 atom stereocenters. The molecule has 0 saturated carbocycles. The van der Waals surface area contributed by atoms with E-state index in [1.807, 2.05) is 55.5 Å². The van der Waals surface area contributed by atoms with Crippen LogP contribution < -0.4 is 5.32 Å². The molecule has 1 saturated heterocycles. The molecule has 6 heteroatoms. The highest BCUT2D eigenvalue weighted by Gasteiger charge is 2.22. The third-order valence-corrected chi connectivity index (χ3v) is 6.78. The van der Waals surface area contributed by atoms with E-state index in [0.717, 1.165) is 59.2 Å². The van der Waals surface area contributed by atoms with E-state index in [1.165, 1.54) is 6.07 Å². The molecule has 1 aliphatic rings. The predicted octanol–water partition coefficient (Wildman–Crippen LogP) is 5.39. The number of carbonyl (C=O) groups excluding carboxylic acids is 1. The molecule has 0 spiro atoms. The summed E-state index contributed by atoms with van der Waals surface area (Å²) < 4.78 is 14.0. The molecule has 2 aromatic carbocycles. The molecule has 35 heavy (non-hydrogen) atoms. The Bertz CT molecular complexity index is 1330. The number of hydrogen-bond acceptors (Lipinski definition) is 4. The summed E-state index contributed by atoms with van der Waals surface area (Å²) in [7, 11) is 0. The Morgan fingerprint density at radius 3 is 2.69 bits per heavy atom. The SMILES string of the molecule is Cc1ccc2nc(-c3cccnc3)cc(C(=O)NCC3CCN(Cc4ccccc4F)CC3)c2c1. The summed E-state index contributed by atoms with van der Waals surface area (Å²) in [5.74, 6) is 0.178. The molecule has 1 fully saturated rings. The van der Waals surface area contributed by atoms with Crippen LogP contribution in [0.3, 0.4) is 0 Å². The number of halogens is 1. The van der Waals surface area contributed by atoms with Crippen LogP contribution >= 0.6 is 0 Å². The second-order valence-corrected chi connectivity index (χ2v) is 9.34. The Hall–Kier alpha value is -3.64. The number of aryl methyl sites for hydroxylation is 1. The molecule has 0 radical (unpaired) electrons. The maximum absolute atomic E-state index is 14.0. The van der Waals surface area contributed by atoms with Gasteiger partial charge in [0.1, 0.15) is 5.82 Å². The van der Waals surface area contributed by atoms with Gasteiger partial charge in [-0.3, -0.25) is 14.7 Å². The van der Waals surface area contributed by atoms with Gasteiger partial charge in [0.05, 0.1) is 16.8 Å². The standard InChI is InChI=1S/C29H29FN4O/c1-20-8-9-27-24(15-20)25(16-28(33-27)22-6-4-12-31-18-22)29(35)32-17-21-10-13-34(14-11-21)19-23-5-2-3-7-26(23)30/h2-9,12,15-16,18,21H,10-11,13-14,17,19H2,1H3,(H,32,35). The molecule has 3 heterocycles. The smallest absolute Gasteiger partial charge is 0.252 e. The average Bonchev–Trinajstić information content (AvgIpc) is 2.89. The van der Waals surface area contributed by atoms with Crippen LogP contribution in [0.25, 0.3) is 22.2 Å². The van der Waals surface area contributed by atoms with Crippen LogP contribution in [0.15, 0.2) is 73.1 Å². The van der Waals surface area contributed by atoms with Crippen molar-refractivity contribution in [3.05, 3.63) is 95.6 Å². The van der Waals surface area contributed by atoms with E-state index in [-0.39, 0.29) is 11.7 Å². The molecule has 0 aliphatic carbocycles. The van der Waals surface area contributed by atoms with E-state index in [9.17, 15) is 9.18 Å². The molecule has 1 N–H and O–H groups in total. The minimum absolute atomic E-state index is 0.0815. The summed E-state index contributed by atoms with van der Waals surface area (Å²) in [4.78, 5) is 24.6. The van der Waals surface area contributed by atoms with Crippen LogP contribution in [-0.2, 0) is 6.54 Å². The van der Waals surface area contributed by atoms with Crippen molar-refractivity contribution in [2.75, 3.05) is 19.6 Å². The van der Waals surface area contributed by atoms with Gasteiger partial charge in [0, 0.05) is 42.0 Å². The predicted molar refractivity (Wildman–Crippen MR) is 136 cm³/mol. The van der Waals surface area contributed by atoms with Crippen LogP contribution in [-0.4, -0.2) is 40.4 Å². The Balaban J connectivity index is 1.26. The zero-order chi connectivity index (χ0) is 24.2. The first-order valence-electron chi connectivity index (χ1n) is 12.1. The summed E-state index contributed by atoms with van der Waals surface area (Å²) in [5, 5.41) is 4.03. The average molecular weight is 469 g/mol. The molecule has 1 aliphatic heterocycles. The highest BCUT2D eigenvalue weighted by molar-refractivity contribution is 6.07. The second-order valence-electron chi connectivity index (χ2n) is 9.34. The van der Waals surface area contributed by atoms with Crippen molar-refractivity contribution < 1.29 is 9.18 Å². The van der Waals surface area contributed by atoms with Gasteiger partial charge in [-0.25, -0.2) is 9.37 Å². The summed E-state index contributed by atoms with van der Waals surface area (Å²) in [6, 6.07) is 18.7. The zero-order valence-electron chi connectivity index (χ0n) is 19.9. The normalized spacial score (nSPS) is 14.8. The zero-order valence-corrected chi connectivity index (χ0v) is 19.9. The lowest BCUT2D eigenvalue weighted by Crippen LogP contribution is -2.38. The highest BCUT2D eigenvalue weighted by Crippen LogP contribution is 2.26. The van der Waals surface area contributed by atoms with Crippen molar-refractivity contribution in [1.82, 2.24) is 20.2 Å². The molecule has 178 valence electrons. The Morgan fingerprint density at radius 1 is 1.09 bits per heavy atom. The third-order valence-electron chi connectivity index (χ3n) is 6.78. The van der Waals surface area contributed by atoms with Gasteiger partial charge in [-0.1, -0.05) is 29.8 Å². The van der Waals surface area contributed by atoms with Crippen LogP contribution in [0, 0.1) is 18.7 Å². The van der Waals surface area contributed by atoms with Crippen molar-refractivity contribution >= 4 is 16.8 Å². The van der Waals surface area contributed by atoms with Gasteiger partial charge >= 0.3 is 0 Å². The van der Waals surface area contributed by atoms with E-state index >= 15 is 0 Å². The van der Waals surface area contributed by atoms with Gasteiger partial charge in [-0.15, -0.1) is 0 Å². The topological polar surface area (TPSA) is 58.1 Å². The van der Waals surface area contributed by atoms with Crippen LogP contribution in [0.4, 0.5) is 4.39 Å². The largest absolute Gasteiger partial charge is 0.352 e. The van der Waals surface area contributed by atoms with Crippen molar-refractivity contribution in [2.45, 2.75) is 26.3 Å². The van der Waals surface area contributed by atoms with Crippen molar-refractivity contribution in [2.24, 2.45) is 5.92 Å². The Kier molecular flexibility index (Phi) is 6.82. The van der Waals surface area contributed by atoms with Gasteiger partial charge in [-0.05, 0) is 75.2 Å². The number of nitrogens with one attached hydrogen (secondary N) is 1. The maximum Gasteiger partial charge on any atom is 0.252 e. The molecular formula is C29H29FN4O.